The second-order valence-electron chi connectivity index (χ2n) is 7.10. The fourth-order valence-corrected chi connectivity index (χ4v) is 3.51. The number of piperazine rings is 1. The molecule has 1 saturated heterocycles. The van der Waals surface area contributed by atoms with E-state index in [1.165, 1.54) is 0 Å². The lowest BCUT2D eigenvalue weighted by molar-refractivity contribution is 0.231. The van der Waals surface area contributed by atoms with Gasteiger partial charge in [0, 0.05) is 45.1 Å². The van der Waals surface area contributed by atoms with E-state index in [4.69, 9.17) is 9.40 Å². The van der Waals surface area contributed by atoms with Gasteiger partial charge in [-0.15, -0.1) is 0 Å². The minimum Gasteiger partial charge on any atom is -0.427 e. The fraction of sp³-hybridized carbons (Fsp3) is 0.400. The molecule has 30 heavy (non-hydrogen) atoms. The summed E-state index contributed by atoms with van der Waals surface area (Å²) in [5, 5.41) is 9.47. The molecule has 1 aliphatic heterocycles. The standard InChI is InChI=1S/C20H26N8O2/c1-3-21-19(29)25-20-22-13-16(30-20)14-26-9-11-27(12-10-26)17-5-6-18(24-15(17)2)28-8-4-7-23-28/h4-8,13H,3,9-12,14H2,1-2H3,(H2,21,22,25,29). The molecule has 158 valence electrons. The Hall–Kier alpha value is -3.40. The number of oxazole rings is 1. The topological polar surface area (TPSA) is 104 Å². The number of hydrogen-bond acceptors (Lipinski definition) is 7. The van der Waals surface area contributed by atoms with Crippen molar-refractivity contribution in [3.8, 4) is 5.82 Å². The summed E-state index contributed by atoms with van der Waals surface area (Å²) in [7, 11) is 0. The van der Waals surface area contributed by atoms with Crippen molar-refractivity contribution in [2.75, 3.05) is 42.9 Å². The first-order chi connectivity index (χ1) is 14.6. The largest absolute Gasteiger partial charge is 0.427 e. The minimum absolute atomic E-state index is 0.216. The average Bonchev–Trinajstić information content (AvgIpc) is 3.41. The molecule has 0 spiro atoms. The summed E-state index contributed by atoms with van der Waals surface area (Å²) in [5.74, 6) is 1.55. The highest BCUT2D eigenvalue weighted by molar-refractivity contribution is 5.86. The smallest absolute Gasteiger partial charge is 0.322 e. The minimum atomic E-state index is -0.318. The van der Waals surface area contributed by atoms with E-state index in [0.717, 1.165) is 49.1 Å². The van der Waals surface area contributed by atoms with Crippen molar-refractivity contribution in [1.82, 2.24) is 30.0 Å². The molecule has 2 amide bonds. The number of pyridine rings is 1. The van der Waals surface area contributed by atoms with E-state index in [0.29, 0.717) is 13.1 Å². The molecule has 10 nitrogen and oxygen atoms in total. The predicted octanol–water partition coefficient (Wildman–Crippen LogP) is 2.03. The number of aromatic nitrogens is 4. The van der Waals surface area contributed by atoms with Crippen LogP contribution in [0.5, 0.6) is 0 Å². The summed E-state index contributed by atoms with van der Waals surface area (Å²) in [6.07, 6.45) is 5.30. The van der Waals surface area contributed by atoms with Crippen LogP contribution in [0.3, 0.4) is 0 Å². The van der Waals surface area contributed by atoms with Gasteiger partial charge in [0.25, 0.3) is 0 Å². The van der Waals surface area contributed by atoms with Crippen LogP contribution in [0, 0.1) is 6.92 Å². The number of carbonyl (C=O) groups excluding carboxylic acids is 1. The maximum Gasteiger partial charge on any atom is 0.322 e. The number of nitrogens with zero attached hydrogens (tertiary/aromatic N) is 6. The molecule has 0 radical (unpaired) electrons. The molecule has 3 aromatic heterocycles. The molecule has 1 aliphatic rings. The first-order valence-electron chi connectivity index (χ1n) is 10.1. The zero-order valence-corrected chi connectivity index (χ0v) is 17.2. The van der Waals surface area contributed by atoms with Crippen molar-refractivity contribution in [1.29, 1.82) is 0 Å². The van der Waals surface area contributed by atoms with Crippen LogP contribution in [-0.2, 0) is 6.54 Å². The fourth-order valence-electron chi connectivity index (χ4n) is 3.51. The summed E-state index contributed by atoms with van der Waals surface area (Å²) >= 11 is 0. The summed E-state index contributed by atoms with van der Waals surface area (Å²) in [5.41, 5.74) is 2.14. The van der Waals surface area contributed by atoms with Crippen molar-refractivity contribution in [3.05, 3.63) is 48.2 Å². The molecule has 0 atom stereocenters. The van der Waals surface area contributed by atoms with Gasteiger partial charge in [0.15, 0.2) is 5.82 Å². The van der Waals surface area contributed by atoms with E-state index in [1.54, 1.807) is 17.1 Å². The van der Waals surface area contributed by atoms with Crippen LogP contribution in [-0.4, -0.2) is 63.4 Å². The predicted molar refractivity (Wildman–Crippen MR) is 113 cm³/mol. The third-order valence-electron chi connectivity index (χ3n) is 4.99. The van der Waals surface area contributed by atoms with Gasteiger partial charge in [0.2, 0.25) is 0 Å². The van der Waals surface area contributed by atoms with E-state index in [2.05, 4.69) is 36.6 Å². The van der Waals surface area contributed by atoms with Crippen molar-refractivity contribution >= 4 is 17.7 Å². The number of amides is 2. The van der Waals surface area contributed by atoms with Gasteiger partial charge in [-0.05, 0) is 32.0 Å². The van der Waals surface area contributed by atoms with E-state index >= 15 is 0 Å². The molecular formula is C20H26N8O2. The zero-order chi connectivity index (χ0) is 20.9. The van der Waals surface area contributed by atoms with Crippen LogP contribution in [0.2, 0.25) is 0 Å². The van der Waals surface area contributed by atoms with Gasteiger partial charge in [0.05, 0.1) is 24.1 Å². The van der Waals surface area contributed by atoms with Crippen LogP contribution in [0.15, 0.2) is 41.2 Å². The first kappa shape index (κ1) is 19.9. The van der Waals surface area contributed by atoms with Crippen LogP contribution in [0.4, 0.5) is 16.5 Å². The lowest BCUT2D eigenvalue weighted by Gasteiger charge is -2.36. The molecule has 0 bridgehead atoms. The van der Waals surface area contributed by atoms with Crippen molar-refractivity contribution in [2.24, 2.45) is 0 Å². The third-order valence-corrected chi connectivity index (χ3v) is 4.99. The number of urea groups is 1. The maximum atomic E-state index is 11.5. The molecule has 0 saturated carbocycles. The van der Waals surface area contributed by atoms with Gasteiger partial charge in [0.1, 0.15) is 5.76 Å². The number of carbonyl (C=O) groups is 1. The van der Waals surface area contributed by atoms with E-state index < -0.39 is 0 Å². The monoisotopic (exact) mass is 410 g/mol. The van der Waals surface area contributed by atoms with Gasteiger partial charge in [-0.1, -0.05) is 0 Å². The molecular weight excluding hydrogens is 384 g/mol. The highest BCUT2D eigenvalue weighted by atomic mass is 16.4. The molecule has 0 unspecified atom stereocenters. The summed E-state index contributed by atoms with van der Waals surface area (Å²) in [6.45, 7) is 8.71. The van der Waals surface area contributed by atoms with Gasteiger partial charge >= 0.3 is 12.0 Å². The Bertz CT molecular complexity index is 977. The number of nitrogens with one attached hydrogen (secondary N) is 2. The highest BCUT2D eigenvalue weighted by Gasteiger charge is 2.20. The Labute approximate surface area is 174 Å². The molecule has 0 aromatic carbocycles. The number of hydrogen-bond donors (Lipinski definition) is 2. The Balaban J connectivity index is 1.31. The van der Waals surface area contributed by atoms with Gasteiger partial charge in [-0.2, -0.15) is 5.10 Å². The third kappa shape index (κ3) is 4.60. The first-order valence-corrected chi connectivity index (χ1v) is 10.1. The second kappa shape index (κ2) is 8.95. The Morgan fingerprint density at radius 2 is 2.07 bits per heavy atom. The van der Waals surface area contributed by atoms with Gasteiger partial charge in [-0.25, -0.2) is 19.4 Å². The molecule has 4 heterocycles. The van der Waals surface area contributed by atoms with E-state index in [9.17, 15) is 4.79 Å². The summed E-state index contributed by atoms with van der Waals surface area (Å²) < 4.78 is 7.39. The van der Waals surface area contributed by atoms with Crippen molar-refractivity contribution in [2.45, 2.75) is 20.4 Å². The van der Waals surface area contributed by atoms with E-state index in [-0.39, 0.29) is 12.0 Å². The maximum absolute atomic E-state index is 11.5. The lowest BCUT2D eigenvalue weighted by Crippen LogP contribution is -2.46. The van der Waals surface area contributed by atoms with Crippen LogP contribution in [0.25, 0.3) is 5.82 Å². The van der Waals surface area contributed by atoms with Crippen molar-refractivity contribution < 1.29 is 9.21 Å². The van der Waals surface area contributed by atoms with Gasteiger partial charge in [-0.3, -0.25) is 10.2 Å². The highest BCUT2D eigenvalue weighted by Crippen LogP contribution is 2.22. The number of rotatable bonds is 6. The Kier molecular flexibility index (Phi) is 5.94. The van der Waals surface area contributed by atoms with Crippen molar-refractivity contribution in [3.63, 3.8) is 0 Å². The number of anilines is 2. The molecule has 0 aliphatic carbocycles. The SMILES string of the molecule is CCNC(=O)Nc1ncc(CN2CCN(c3ccc(-n4cccn4)nc3C)CC2)o1. The Morgan fingerprint density at radius 1 is 1.23 bits per heavy atom. The second-order valence-corrected chi connectivity index (χ2v) is 7.10. The molecule has 1 fully saturated rings. The molecule has 2 N–H and O–H groups in total. The van der Waals surface area contributed by atoms with Crippen LogP contribution in [0.1, 0.15) is 18.4 Å². The average molecular weight is 410 g/mol. The molecule has 3 aromatic rings. The normalized spacial score (nSPS) is 14.7. The molecule has 10 heteroatoms. The van der Waals surface area contributed by atoms with Crippen LogP contribution < -0.4 is 15.5 Å². The number of aryl methyl sites for hydroxylation is 1. The zero-order valence-electron chi connectivity index (χ0n) is 17.2. The van der Waals surface area contributed by atoms with E-state index in [1.807, 2.05) is 32.2 Å². The lowest BCUT2D eigenvalue weighted by atomic mass is 10.2. The molecule has 4 rings (SSSR count). The van der Waals surface area contributed by atoms with Gasteiger partial charge < -0.3 is 14.6 Å². The summed E-state index contributed by atoms with van der Waals surface area (Å²) in [4.78, 5) is 25.0. The Morgan fingerprint density at radius 3 is 2.77 bits per heavy atom. The quantitative estimate of drug-likeness (QED) is 0.641. The summed E-state index contributed by atoms with van der Waals surface area (Å²) in [6, 6.07) is 5.90. The van der Waals surface area contributed by atoms with Crippen LogP contribution >= 0.6 is 0 Å².